The zero-order valence-corrected chi connectivity index (χ0v) is 22.2. The van der Waals surface area contributed by atoms with Crippen LogP contribution in [0.2, 0.25) is 0 Å². The second-order valence-corrected chi connectivity index (χ2v) is 12.6. The Labute approximate surface area is 223 Å². The van der Waals surface area contributed by atoms with Gasteiger partial charge in [0.05, 0.1) is 4.90 Å². The number of phenolic OH excluding ortho intramolecular Hbond substituents is 1. The molecule has 3 unspecified atom stereocenters. The van der Waals surface area contributed by atoms with Gasteiger partial charge in [-0.25, -0.2) is 18.4 Å². The van der Waals surface area contributed by atoms with Crippen LogP contribution in [0, 0.1) is 17.3 Å². The molecule has 2 fully saturated rings. The summed E-state index contributed by atoms with van der Waals surface area (Å²) in [7, 11) is -3.77. The van der Waals surface area contributed by atoms with Gasteiger partial charge in [-0.1, -0.05) is 25.1 Å². The van der Waals surface area contributed by atoms with Crippen molar-refractivity contribution in [2.75, 3.05) is 0 Å². The van der Waals surface area contributed by atoms with Crippen LogP contribution >= 0.6 is 0 Å². The van der Waals surface area contributed by atoms with Crippen molar-refractivity contribution in [1.82, 2.24) is 5.32 Å². The molecule has 4 N–H and O–H groups in total. The zero-order valence-electron chi connectivity index (χ0n) is 21.4. The second-order valence-electron chi connectivity index (χ2n) is 11.1. The van der Waals surface area contributed by atoms with E-state index in [1.165, 1.54) is 35.4 Å². The summed E-state index contributed by atoms with van der Waals surface area (Å²) in [6.07, 6.45) is 8.09. The first kappa shape index (κ1) is 26.4. The molecule has 0 saturated heterocycles. The molecule has 202 valence electrons. The third kappa shape index (κ3) is 5.22. The van der Waals surface area contributed by atoms with Crippen LogP contribution in [-0.4, -0.2) is 31.5 Å². The predicted molar refractivity (Wildman–Crippen MR) is 141 cm³/mol. The number of fused-ring (bicyclic) bond motifs is 5. The van der Waals surface area contributed by atoms with Gasteiger partial charge in [-0.2, -0.15) is 0 Å². The van der Waals surface area contributed by atoms with Crippen molar-refractivity contribution in [2.45, 2.75) is 68.9 Å². The van der Waals surface area contributed by atoms with Crippen molar-refractivity contribution in [3.05, 3.63) is 71.3 Å². The molecule has 5 atom stereocenters. The highest BCUT2D eigenvalue weighted by atomic mass is 32.2. The lowest BCUT2D eigenvalue weighted by Crippen LogP contribution is -2.45. The summed E-state index contributed by atoms with van der Waals surface area (Å²) in [6, 6.07) is 11.7. The zero-order chi connectivity index (χ0) is 27.1. The number of hydrogen-bond acceptors (Lipinski definition) is 6. The molecule has 1 amide bonds. The van der Waals surface area contributed by atoms with E-state index < -0.39 is 21.9 Å². The van der Waals surface area contributed by atoms with Gasteiger partial charge < -0.3 is 15.2 Å². The summed E-state index contributed by atoms with van der Waals surface area (Å²) in [5.74, 6) is 0.892. The first-order valence-electron chi connectivity index (χ1n) is 13.1. The Bertz CT molecular complexity index is 1370. The van der Waals surface area contributed by atoms with E-state index in [1.807, 2.05) is 6.07 Å². The van der Waals surface area contributed by atoms with Gasteiger partial charge in [-0.15, -0.1) is 0 Å². The maximum Gasteiger partial charge on any atom is 0.331 e. The Morgan fingerprint density at radius 2 is 1.87 bits per heavy atom. The largest absolute Gasteiger partial charge is 0.508 e. The summed E-state index contributed by atoms with van der Waals surface area (Å²) in [6.45, 7) is 2.43. The van der Waals surface area contributed by atoms with Crippen LogP contribution in [0.1, 0.15) is 61.6 Å². The molecule has 0 radical (unpaired) electrons. The molecule has 2 aromatic carbocycles. The molecule has 2 aromatic rings. The number of benzene rings is 2. The number of phenols is 1. The lowest BCUT2D eigenvalue weighted by atomic mass is 9.55. The van der Waals surface area contributed by atoms with Gasteiger partial charge in [-0.3, -0.25) is 4.79 Å². The number of hydrogen-bond donors (Lipinski definition) is 3. The van der Waals surface area contributed by atoms with Gasteiger partial charge in [0.1, 0.15) is 11.9 Å². The molecular weight excluding hydrogens is 504 g/mol. The summed E-state index contributed by atoms with van der Waals surface area (Å²) >= 11 is 0. The molecule has 9 heteroatoms. The fourth-order valence-electron chi connectivity index (χ4n) is 7.08. The fraction of sp³-hybridized carbons (Fsp3) is 0.448. The minimum Gasteiger partial charge on any atom is -0.508 e. The lowest BCUT2D eigenvalue weighted by molar-refractivity contribution is -0.151. The lowest BCUT2D eigenvalue weighted by Gasteiger charge is -2.50. The van der Waals surface area contributed by atoms with Crippen LogP contribution in [0.3, 0.4) is 0 Å². The number of nitrogens with one attached hydrogen (secondary N) is 1. The SMILES string of the molecule is C[C@]12CCC3c4ccc(O)cc4CCC3C1CC[C@@H]2OC(=O)/C=C/C(=O)NCc1ccc(S(N)(=O)=O)cc1. The number of rotatable bonds is 6. The molecule has 0 aliphatic heterocycles. The average molecular weight is 539 g/mol. The number of aromatic hydroxyl groups is 1. The van der Waals surface area contributed by atoms with E-state index in [2.05, 4.69) is 18.3 Å². The van der Waals surface area contributed by atoms with Crippen molar-refractivity contribution in [1.29, 1.82) is 0 Å². The van der Waals surface area contributed by atoms with Gasteiger partial charge in [0.2, 0.25) is 15.9 Å². The maximum atomic E-state index is 12.6. The van der Waals surface area contributed by atoms with E-state index in [0.717, 1.165) is 38.5 Å². The van der Waals surface area contributed by atoms with E-state index >= 15 is 0 Å². The Balaban J connectivity index is 1.15. The van der Waals surface area contributed by atoms with E-state index in [4.69, 9.17) is 9.88 Å². The molecular formula is C29H34N2O6S. The molecule has 38 heavy (non-hydrogen) atoms. The molecule has 0 spiro atoms. The Hall–Kier alpha value is -3.17. The minimum atomic E-state index is -3.77. The number of primary sulfonamides is 1. The predicted octanol–water partition coefficient (Wildman–Crippen LogP) is 3.68. The number of carbonyl (C=O) groups excluding carboxylic acids is 2. The molecule has 3 aliphatic rings. The highest BCUT2D eigenvalue weighted by molar-refractivity contribution is 7.89. The fourth-order valence-corrected chi connectivity index (χ4v) is 7.60. The quantitative estimate of drug-likeness (QED) is 0.379. The van der Waals surface area contributed by atoms with Gasteiger partial charge in [-0.05, 0) is 97.2 Å². The normalized spacial score (nSPS) is 28.3. The van der Waals surface area contributed by atoms with E-state index in [9.17, 15) is 23.1 Å². The number of amides is 1. The Morgan fingerprint density at radius 1 is 1.11 bits per heavy atom. The molecule has 3 aliphatic carbocycles. The number of aryl methyl sites for hydroxylation is 1. The number of ether oxygens (including phenoxy) is 1. The molecule has 0 bridgehead atoms. The third-order valence-electron chi connectivity index (χ3n) is 8.97. The molecule has 0 aromatic heterocycles. The summed E-state index contributed by atoms with van der Waals surface area (Å²) < 4.78 is 28.6. The monoisotopic (exact) mass is 538 g/mol. The van der Waals surface area contributed by atoms with Crippen LogP contribution < -0.4 is 10.5 Å². The van der Waals surface area contributed by atoms with Crippen molar-refractivity contribution in [2.24, 2.45) is 22.4 Å². The highest BCUT2D eigenvalue weighted by Gasteiger charge is 2.56. The van der Waals surface area contributed by atoms with Gasteiger partial charge in [0.15, 0.2) is 0 Å². The number of carbonyl (C=O) groups is 2. The van der Waals surface area contributed by atoms with Crippen molar-refractivity contribution >= 4 is 21.9 Å². The number of sulfonamides is 1. The standard InChI is InChI=1S/C29H34N2O6S/c1-29-15-14-23-22-9-5-20(32)16-19(22)4-8-24(23)25(29)10-11-26(29)37-28(34)13-12-27(33)31-17-18-2-6-21(7-3-18)38(30,35)36/h2-3,5-7,9,12-13,16,23-26,32H,4,8,10-11,14-15,17H2,1H3,(H,31,33)(H2,30,35,36)/b13-12+/t23?,24?,25?,26-,29-/m0/s1. The Kier molecular flexibility index (Phi) is 7.09. The molecule has 2 saturated carbocycles. The van der Waals surface area contributed by atoms with Gasteiger partial charge >= 0.3 is 5.97 Å². The Morgan fingerprint density at radius 3 is 2.61 bits per heavy atom. The first-order chi connectivity index (χ1) is 18.0. The second kappa shape index (κ2) is 10.2. The average Bonchev–Trinajstić information content (AvgIpc) is 3.21. The van der Waals surface area contributed by atoms with Crippen molar-refractivity contribution in [3.63, 3.8) is 0 Å². The van der Waals surface area contributed by atoms with Crippen LogP contribution in [0.5, 0.6) is 5.75 Å². The van der Waals surface area contributed by atoms with Crippen LogP contribution in [0.4, 0.5) is 0 Å². The van der Waals surface area contributed by atoms with Crippen molar-refractivity contribution in [3.8, 4) is 5.75 Å². The van der Waals surface area contributed by atoms with Crippen LogP contribution in [0.25, 0.3) is 0 Å². The number of nitrogens with two attached hydrogens (primary N) is 1. The summed E-state index contributed by atoms with van der Waals surface area (Å²) in [5.41, 5.74) is 3.25. The van der Waals surface area contributed by atoms with Gasteiger partial charge in [0, 0.05) is 24.1 Å². The third-order valence-corrected chi connectivity index (χ3v) is 9.90. The molecule has 0 heterocycles. The topological polar surface area (TPSA) is 136 Å². The van der Waals surface area contributed by atoms with E-state index in [1.54, 1.807) is 18.2 Å². The minimum absolute atomic E-state index is 0.000132. The maximum absolute atomic E-state index is 12.6. The van der Waals surface area contributed by atoms with Crippen molar-refractivity contribution < 1.29 is 27.9 Å². The first-order valence-corrected chi connectivity index (χ1v) is 14.7. The molecule has 5 rings (SSSR count). The smallest absolute Gasteiger partial charge is 0.331 e. The van der Waals surface area contributed by atoms with E-state index in [-0.39, 0.29) is 23.0 Å². The van der Waals surface area contributed by atoms with Crippen LogP contribution in [-0.2, 0) is 37.3 Å². The highest BCUT2D eigenvalue weighted by Crippen LogP contribution is 2.61. The summed E-state index contributed by atoms with van der Waals surface area (Å²) in [5, 5.41) is 17.7. The van der Waals surface area contributed by atoms with Crippen LogP contribution in [0.15, 0.2) is 59.5 Å². The van der Waals surface area contributed by atoms with Gasteiger partial charge in [0.25, 0.3) is 0 Å². The van der Waals surface area contributed by atoms with E-state index in [0.29, 0.717) is 29.1 Å². The number of esters is 1. The summed E-state index contributed by atoms with van der Waals surface area (Å²) in [4.78, 5) is 24.8. The molecule has 8 nitrogen and oxygen atoms in total.